The highest BCUT2D eigenvalue weighted by molar-refractivity contribution is 7.20. The fourth-order valence-corrected chi connectivity index (χ4v) is 4.20. The molecule has 0 aliphatic heterocycles. The van der Waals surface area contributed by atoms with Crippen molar-refractivity contribution in [1.82, 2.24) is 5.32 Å². The summed E-state index contributed by atoms with van der Waals surface area (Å²) in [5, 5.41) is 4.16. The highest BCUT2D eigenvalue weighted by Gasteiger charge is 2.20. The molecule has 1 aliphatic rings. The van der Waals surface area contributed by atoms with Gasteiger partial charge in [-0.05, 0) is 54.3 Å². The van der Waals surface area contributed by atoms with Gasteiger partial charge in [0.1, 0.15) is 0 Å². The van der Waals surface area contributed by atoms with Crippen LogP contribution in [0.2, 0.25) is 0 Å². The lowest BCUT2D eigenvalue weighted by Crippen LogP contribution is -2.31. The molecule has 2 aromatic rings. The molecular formula is C17H22N2OS. The molecule has 3 rings (SSSR count). The van der Waals surface area contributed by atoms with Crippen LogP contribution >= 0.6 is 11.3 Å². The summed E-state index contributed by atoms with van der Waals surface area (Å²) in [4.78, 5) is 13.1. The van der Waals surface area contributed by atoms with Crippen molar-refractivity contribution in [2.75, 3.05) is 12.3 Å². The minimum atomic E-state index is 0.0491. The van der Waals surface area contributed by atoms with E-state index in [9.17, 15) is 4.79 Å². The van der Waals surface area contributed by atoms with Crippen LogP contribution in [0.1, 0.15) is 42.3 Å². The number of fused-ring (bicyclic) bond motifs is 1. The lowest BCUT2D eigenvalue weighted by molar-refractivity contribution is 0.0945. The second-order valence-corrected chi connectivity index (χ2v) is 7.34. The van der Waals surface area contributed by atoms with E-state index in [1.165, 1.54) is 37.0 Å². The zero-order valence-electron chi connectivity index (χ0n) is 12.4. The molecule has 1 fully saturated rings. The predicted molar refractivity (Wildman–Crippen MR) is 89.7 cm³/mol. The molecule has 1 aliphatic carbocycles. The van der Waals surface area contributed by atoms with Gasteiger partial charge in [-0.2, -0.15) is 0 Å². The minimum absolute atomic E-state index is 0.0491. The van der Waals surface area contributed by atoms with Crippen molar-refractivity contribution in [3.05, 3.63) is 29.1 Å². The second-order valence-electron chi connectivity index (χ2n) is 6.26. The van der Waals surface area contributed by atoms with E-state index in [2.05, 4.69) is 12.2 Å². The van der Waals surface area contributed by atoms with Gasteiger partial charge in [0.25, 0.3) is 5.91 Å². The first-order valence-electron chi connectivity index (χ1n) is 7.69. The van der Waals surface area contributed by atoms with Gasteiger partial charge in [0.05, 0.1) is 4.88 Å². The molecule has 1 aromatic heterocycles. The van der Waals surface area contributed by atoms with Crippen molar-refractivity contribution >= 4 is 33.0 Å². The molecule has 4 heteroatoms. The highest BCUT2D eigenvalue weighted by Crippen LogP contribution is 2.29. The Kier molecular flexibility index (Phi) is 4.15. The van der Waals surface area contributed by atoms with Gasteiger partial charge in [-0.15, -0.1) is 11.3 Å². The zero-order chi connectivity index (χ0) is 14.8. The Bertz CT molecular complexity index is 649. The number of hydrogen-bond donors (Lipinski definition) is 2. The average molecular weight is 302 g/mol. The van der Waals surface area contributed by atoms with Crippen LogP contribution in [0.25, 0.3) is 10.1 Å². The molecule has 3 N–H and O–H groups in total. The third-order valence-electron chi connectivity index (χ3n) is 4.36. The van der Waals surface area contributed by atoms with Gasteiger partial charge in [0.2, 0.25) is 0 Å². The van der Waals surface area contributed by atoms with Gasteiger partial charge < -0.3 is 11.1 Å². The molecule has 1 amide bonds. The molecule has 0 radical (unpaired) electrons. The van der Waals surface area contributed by atoms with Crippen LogP contribution in [0.15, 0.2) is 24.3 Å². The third kappa shape index (κ3) is 3.38. The van der Waals surface area contributed by atoms with Crippen molar-refractivity contribution in [3.8, 4) is 0 Å². The number of benzene rings is 1. The van der Waals surface area contributed by atoms with Gasteiger partial charge in [0, 0.05) is 16.9 Å². The summed E-state index contributed by atoms with van der Waals surface area (Å²) in [6, 6.07) is 7.72. The van der Waals surface area contributed by atoms with Crippen molar-refractivity contribution in [1.29, 1.82) is 0 Å². The summed E-state index contributed by atoms with van der Waals surface area (Å²) < 4.78 is 1.11. The molecule has 2 atom stereocenters. The minimum Gasteiger partial charge on any atom is -0.399 e. The van der Waals surface area contributed by atoms with Crippen LogP contribution in [-0.2, 0) is 0 Å². The smallest absolute Gasteiger partial charge is 0.261 e. The SMILES string of the molecule is CC1CCCC(CNC(=O)c2cc3cc(N)ccc3s2)C1. The number of carbonyl (C=O) groups excluding carboxylic acids is 1. The number of nitrogen functional groups attached to an aromatic ring is 1. The van der Waals surface area contributed by atoms with E-state index in [1.807, 2.05) is 24.3 Å². The topological polar surface area (TPSA) is 55.1 Å². The number of nitrogens with one attached hydrogen (secondary N) is 1. The van der Waals surface area contributed by atoms with Gasteiger partial charge in [-0.25, -0.2) is 0 Å². The summed E-state index contributed by atoms with van der Waals surface area (Å²) in [6.07, 6.45) is 5.11. The first-order valence-corrected chi connectivity index (χ1v) is 8.51. The third-order valence-corrected chi connectivity index (χ3v) is 5.48. The monoisotopic (exact) mass is 302 g/mol. The summed E-state index contributed by atoms with van der Waals surface area (Å²) in [7, 11) is 0. The van der Waals surface area contributed by atoms with Crippen LogP contribution in [0.5, 0.6) is 0 Å². The number of anilines is 1. The molecule has 0 spiro atoms. The molecule has 3 nitrogen and oxygen atoms in total. The molecule has 0 bridgehead atoms. The Labute approximate surface area is 129 Å². The van der Waals surface area contributed by atoms with E-state index in [-0.39, 0.29) is 5.91 Å². The Balaban J connectivity index is 1.63. The van der Waals surface area contributed by atoms with E-state index < -0.39 is 0 Å². The van der Waals surface area contributed by atoms with E-state index in [4.69, 9.17) is 5.73 Å². The Morgan fingerprint density at radius 3 is 3.05 bits per heavy atom. The average Bonchev–Trinajstić information content (AvgIpc) is 2.88. The maximum Gasteiger partial charge on any atom is 0.261 e. The fraction of sp³-hybridized carbons (Fsp3) is 0.471. The quantitative estimate of drug-likeness (QED) is 0.841. The first-order chi connectivity index (χ1) is 10.1. The Hall–Kier alpha value is -1.55. The number of hydrogen-bond acceptors (Lipinski definition) is 3. The number of thiophene rings is 1. The number of amides is 1. The van der Waals surface area contributed by atoms with Crippen LogP contribution in [0, 0.1) is 11.8 Å². The van der Waals surface area contributed by atoms with Crippen molar-refractivity contribution in [2.45, 2.75) is 32.6 Å². The molecule has 0 saturated heterocycles. The summed E-state index contributed by atoms with van der Waals surface area (Å²) >= 11 is 1.53. The van der Waals surface area contributed by atoms with Gasteiger partial charge >= 0.3 is 0 Å². The molecule has 112 valence electrons. The molecule has 21 heavy (non-hydrogen) atoms. The molecule has 2 unspecified atom stereocenters. The molecule has 1 heterocycles. The number of rotatable bonds is 3. The highest BCUT2D eigenvalue weighted by atomic mass is 32.1. The lowest BCUT2D eigenvalue weighted by Gasteiger charge is -2.26. The van der Waals surface area contributed by atoms with E-state index in [0.29, 0.717) is 5.92 Å². The standard InChI is InChI=1S/C17H22N2OS/c1-11-3-2-4-12(7-11)10-19-17(20)16-9-13-8-14(18)5-6-15(13)21-16/h5-6,8-9,11-12H,2-4,7,10,18H2,1H3,(H,19,20). The summed E-state index contributed by atoms with van der Waals surface area (Å²) in [5.74, 6) is 1.49. The van der Waals surface area contributed by atoms with E-state index in [1.54, 1.807) is 0 Å². The van der Waals surface area contributed by atoms with Crippen LogP contribution < -0.4 is 11.1 Å². The second kappa shape index (κ2) is 6.06. The van der Waals surface area contributed by atoms with Crippen LogP contribution in [0.3, 0.4) is 0 Å². The molecule has 1 aromatic carbocycles. The maximum absolute atomic E-state index is 12.3. The van der Waals surface area contributed by atoms with Gasteiger partial charge in [0.15, 0.2) is 0 Å². The normalized spacial score (nSPS) is 22.3. The lowest BCUT2D eigenvalue weighted by atomic mass is 9.82. The summed E-state index contributed by atoms with van der Waals surface area (Å²) in [5.41, 5.74) is 6.52. The Morgan fingerprint density at radius 1 is 1.38 bits per heavy atom. The molecule has 1 saturated carbocycles. The van der Waals surface area contributed by atoms with Crippen LogP contribution in [0.4, 0.5) is 5.69 Å². The van der Waals surface area contributed by atoms with Crippen molar-refractivity contribution in [2.24, 2.45) is 11.8 Å². The summed E-state index contributed by atoms with van der Waals surface area (Å²) in [6.45, 7) is 3.12. The van der Waals surface area contributed by atoms with E-state index in [0.717, 1.165) is 33.1 Å². The Morgan fingerprint density at radius 2 is 2.24 bits per heavy atom. The zero-order valence-corrected chi connectivity index (χ0v) is 13.2. The van der Waals surface area contributed by atoms with Gasteiger partial charge in [-0.3, -0.25) is 4.79 Å². The number of carbonyl (C=O) groups is 1. The molecular weight excluding hydrogens is 280 g/mol. The largest absolute Gasteiger partial charge is 0.399 e. The fourth-order valence-electron chi connectivity index (χ4n) is 3.24. The van der Waals surface area contributed by atoms with Crippen molar-refractivity contribution < 1.29 is 4.79 Å². The maximum atomic E-state index is 12.3. The van der Waals surface area contributed by atoms with Gasteiger partial charge in [-0.1, -0.05) is 19.8 Å². The first kappa shape index (κ1) is 14.4. The van der Waals surface area contributed by atoms with E-state index >= 15 is 0 Å². The van der Waals surface area contributed by atoms with Crippen molar-refractivity contribution in [3.63, 3.8) is 0 Å². The number of nitrogens with two attached hydrogens (primary N) is 1. The predicted octanol–water partition coefficient (Wildman–Crippen LogP) is 4.04. The van der Waals surface area contributed by atoms with Crippen LogP contribution in [-0.4, -0.2) is 12.5 Å².